The van der Waals surface area contributed by atoms with E-state index in [1.54, 1.807) is 6.08 Å². The highest BCUT2D eigenvalue weighted by Crippen LogP contribution is 2.00. The second kappa shape index (κ2) is 5.82. The van der Waals surface area contributed by atoms with E-state index in [0.717, 1.165) is 5.56 Å². The van der Waals surface area contributed by atoms with Crippen LogP contribution in [0, 0.1) is 18.8 Å². The van der Waals surface area contributed by atoms with Crippen molar-refractivity contribution in [3.63, 3.8) is 0 Å². The van der Waals surface area contributed by atoms with Gasteiger partial charge in [-0.15, -0.1) is 0 Å². The van der Waals surface area contributed by atoms with E-state index in [9.17, 15) is 4.79 Å². The van der Waals surface area contributed by atoms with Crippen LogP contribution in [0.2, 0.25) is 0 Å². The Morgan fingerprint density at radius 1 is 1.33 bits per heavy atom. The Kier molecular flexibility index (Phi) is 4.37. The van der Waals surface area contributed by atoms with Gasteiger partial charge in [0.05, 0.1) is 0 Å². The van der Waals surface area contributed by atoms with Crippen molar-refractivity contribution in [3.8, 4) is 11.8 Å². The fourth-order valence-corrected chi connectivity index (χ4v) is 1.01. The van der Waals surface area contributed by atoms with Gasteiger partial charge < -0.3 is 0 Å². The molecule has 0 spiro atoms. The van der Waals surface area contributed by atoms with Gasteiger partial charge in [0.15, 0.2) is 5.78 Å². The van der Waals surface area contributed by atoms with E-state index in [2.05, 4.69) is 11.8 Å². The summed E-state index contributed by atoms with van der Waals surface area (Å²) in [5.41, 5.74) is 2.19. The molecule has 0 aliphatic rings. The first-order valence-corrected chi connectivity index (χ1v) is 5.00. The van der Waals surface area contributed by atoms with Gasteiger partial charge in [-0.3, -0.25) is 4.79 Å². The molecular formula is C14H14O. The first kappa shape index (κ1) is 11.3. The summed E-state index contributed by atoms with van der Waals surface area (Å²) in [5.74, 6) is 5.90. The smallest absolute Gasteiger partial charge is 0.156 e. The highest BCUT2D eigenvalue weighted by molar-refractivity contribution is 5.89. The molecule has 0 amide bonds. The van der Waals surface area contributed by atoms with Gasteiger partial charge >= 0.3 is 0 Å². The zero-order chi connectivity index (χ0) is 11.1. The molecule has 0 aromatic heterocycles. The van der Waals surface area contributed by atoms with Crippen LogP contribution in [0.4, 0.5) is 0 Å². The molecule has 15 heavy (non-hydrogen) atoms. The van der Waals surface area contributed by atoms with E-state index in [1.807, 2.05) is 38.1 Å². The van der Waals surface area contributed by atoms with Crippen LogP contribution in [0.3, 0.4) is 0 Å². The van der Waals surface area contributed by atoms with Crippen LogP contribution < -0.4 is 0 Å². The number of allylic oxidation sites excluding steroid dienone is 2. The van der Waals surface area contributed by atoms with E-state index < -0.39 is 0 Å². The zero-order valence-electron chi connectivity index (χ0n) is 9.08. The van der Waals surface area contributed by atoms with Crippen molar-refractivity contribution in [3.05, 3.63) is 47.5 Å². The summed E-state index contributed by atoms with van der Waals surface area (Å²) in [4.78, 5) is 10.9. The van der Waals surface area contributed by atoms with Crippen molar-refractivity contribution >= 4 is 5.78 Å². The van der Waals surface area contributed by atoms with Crippen molar-refractivity contribution < 1.29 is 4.79 Å². The van der Waals surface area contributed by atoms with Gasteiger partial charge in [-0.2, -0.15) is 0 Å². The van der Waals surface area contributed by atoms with Crippen molar-refractivity contribution in [1.29, 1.82) is 0 Å². The Bertz CT molecular complexity index is 413. The molecule has 0 saturated heterocycles. The molecular weight excluding hydrogens is 184 g/mol. The molecule has 76 valence electrons. The minimum Gasteiger partial charge on any atom is -0.295 e. The summed E-state index contributed by atoms with van der Waals surface area (Å²) in [6, 6.07) is 7.98. The molecule has 0 N–H and O–H groups in total. The quantitative estimate of drug-likeness (QED) is 0.527. The molecule has 0 radical (unpaired) electrons. The molecule has 1 aromatic carbocycles. The average molecular weight is 198 g/mol. The van der Waals surface area contributed by atoms with Crippen LogP contribution in [0.1, 0.15) is 24.5 Å². The van der Waals surface area contributed by atoms with Gasteiger partial charge in [-0.05, 0) is 31.2 Å². The molecule has 0 bridgehead atoms. The summed E-state index contributed by atoms with van der Waals surface area (Å²) >= 11 is 0. The van der Waals surface area contributed by atoms with E-state index >= 15 is 0 Å². The van der Waals surface area contributed by atoms with Gasteiger partial charge in [0.25, 0.3) is 0 Å². The van der Waals surface area contributed by atoms with Crippen molar-refractivity contribution in [2.45, 2.75) is 20.3 Å². The molecule has 0 fully saturated rings. The highest BCUT2D eigenvalue weighted by atomic mass is 16.1. The van der Waals surface area contributed by atoms with Crippen LogP contribution >= 0.6 is 0 Å². The standard InChI is InChI=1S/C14H14O/c1-3-14(15)7-5-4-6-13-10-8-12(2)9-11-13/h5,7-11H,3H2,1-2H3/b7-5+. The summed E-state index contributed by atoms with van der Waals surface area (Å²) in [7, 11) is 0. The van der Waals surface area contributed by atoms with Gasteiger partial charge in [-0.25, -0.2) is 0 Å². The van der Waals surface area contributed by atoms with Crippen LogP contribution in [-0.4, -0.2) is 5.78 Å². The monoisotopic (exact) mass is 198 g/mol. The predicted molar refractivity (Wildman–Crippen MR) is 62.5 cm³/mol. The van der Waals surface area contributed by atoms with Crippen molar-refractivity contribution in [2.75, 3.05) is 0 Å². The average Bonchev–Trinajstić information content (AvgIpc) is 2.26. The van der Waals surface area contributed by atoms with Crippen LogP contribution in [-0.2, 0) is 4.79 Å². The lowest BCUT2D eigenvalue weighted by Gasteiger charge is -1.90. The molecule has 1 aromatic rings. The molecule has 0 unspecified atom stereocenters. The second-order valence-corrected chi connectivity index (χ2v) is 3.29. The zero-order valence-corrected chi connectivity index (χ0v) is 9.08. The molecule has 0 atom stereocenters. The Labute approximate surface area is 90.8 Å². The first-order chi connectivity index (χ1) is 7.22. The first-order valence-electron chi connectivity index (χ1n) is 5.00. The fourth-order valence-electron chi connectivity index (χ4n) is 1.01. The SMILES string of the molecule is CCC(=O)/C=C/C#Cc1ccc(C)cc1. The van der Waals surface area contributed by atoms with Gasteiger partial charge in [0.1, 0.15) is 0 Å². The van der Waals surface area contributed by atoms with Crippen LogP contribution in [0.15, 0.2) is 36.4 Å². The molecule has 0 aliphatic heterocycles. The molecule has 0 aliphatic carbocycles. The summed E-state index contributed by atoms with van der Waals surface area (Å²) in [6.45, 7) is 3.87. The second-order valence-electron chi connectivity index (χ2n) is 3.29. The lowest BCUT2D eigenvalue weighted by Crippen LogP contribution is -1.85. The van der Waals surface area contributed by atoms with Crippen molar-refractivity contribution in [1.82, 2.24) is 0 Å². The van der Waals surface area contributed by atoms with E-state index in [4.69, 9.17) is 0 Å². The third-order valence-corrected chi connectivity index (χ3v) is 1.97. The topological polar surface area (TPSA) is 17.1 Å². The van der Waals surface area contributed by atoms with Crippen molar-refractivity contribution in [2.24, 2.45) is 0 Å². The third kappa shape index (κ3) is 4.28. The fraction of sp³-hybridized carbons (Fsp3) is 0.214. The third-order valence-electron chi connectivity index (χ3n) is 1.97. The number of ketones is 1. The number of carbonyl (C=O) groups excluding carboxylic acids is 1. The summed E-state index contributed by atoms with van der Waals surface area (Å²) in [6.07, 6.45) is 3.65. The van der Waals surface area contributed by atoms with Gasteiger partial charge in [0.2, 0.25) is 0 Å². The van der Waals surface area contributed by atoms with Gasteiger partial charge in [-0.1, -0.05) is 36.5 Å². The number of rotatable bonds is 2. The lowest BCUT2D eigenvalue weighted by atomic mass is 10.1. The highest BCUT2D eigenvalue weighted by Gasteiger charge is 1.86. The Morgan fingerprint density at radius 3 is 2.60 bits per heavy atom. The predicted octanol–water partition coefficient (Wildman–Crippen LogP) is 2.88. The lowest BCUT2D eigenvalue weighted by molar-refractivity contribution is -0.114. The summed E-state index contributed by atoms with van der Waals surface area (Å²) < 4.78 is 0. The number of hydrogen-bond acceptors (Lipinski definition) is 1. The minimum absolute atomic E-state index is 0.105. The number of hydrogen-bond donors (Lipinski definition) is 0. The van der Waals surface area contributed by atoms with E-state index in [0.29, 0.717) is 6.42 Å². The minimum atomic E-state index is 0.105. The van der Waals surface area contributed by atoms with Crippen LogP contribution in [0.25, 0.3) is 0 Å². The molecule has 1 heteroatoms. The number of benzene rings is 1. The molecule has 1 nitrogen and oxygen atoms in total. The maximum atomic E-state index is 10.9. The normalized spacial score (nSPS) is 9.73. The van der Waals surface area contributed by atoms with E-state index in [1.165, 1.54) is 11.6 Å². The van der Waals surface area contributed by atoms with Crippen LogP contribution in [0.5, 0.6) is 0 Å². The molecule has 0 saturated carbocycles. The maximum absolute atomic E-state index is 10.9. The Morgan fingerprint density at radius 2 is 2.00 bits per heavy atom. The van der Waals surface area contributed by atoms with E-state index in [-0.39, 0.29) is 5.78 Å². The largest absolute Gasteiger partial charge is 0.295 e. The maximum Gasteiger partial charge on any atom is 0.156 e. The number of carbonyl (C=O) groups is 1. The summed E-state index contributed by atoms with van der Waals surface area (Å²) in [5, 5.41) is 0. The molecule has 0 heterocycles. The Hall–Kier alpha value is -1.81. The number of aryl methyl sites for hydroxylation is 1. The molecule has 1 rings (SSSR count). The Balaban J connectivity index is 2.62. The van der Waals surface area contributed by atoms with Gasteiger partial charge in [0, 0.05) is 12.0 Å².